The molecular formula is C38H32N2O5. The van der Waals surface area contributed by atoms with Crippen molar-refractivity contribution >= 4 is 18.0 Å². The van der Waals surface area contributed by atoms with Gasteiger partial charge in [-0.2, -0.15) is 0 Å². The third kappa shape index (κ3) is 5.33. The van der Waals surface area contributed by atoms with E-state index in [-0.39, 0.29) is 12.5 Å². The Kier molecular flexibility index (Phi) is 8.16. The highest BCUT2D eigenvalue weighted by atomic mass is 16.6. The zero-order valence-electron chi connectivity index (χ0n) is 24.5. The maximum atomic E-state index is 14.7. The number of carbonyl (C=O) groups is 3. The molecule has 1 atom stereocenters. The van der Waals surface area contributed by atoms with Crippen molar-refractivity contribution in [2.45, 2.75) is 23.9 Å². The summed E-state index contributed by atoms with van der Waals surface area (Å²) in [5, 5.41) is 10.6. The Hall–Kier alpha value is -5.69. The van der Waals surface area contributed by atoms with Crippen molar-refractivity contribution in [3.05, 3.63) is 167 Å². The van der Waals surface area contributed by atoms with Crippen LogP contribution in [0.1, 0.15) is 40.2 Å². The molecule has 6 rings (SSSR count). The Morgan fingerprint density at radius 3 is 1.47 bits per heavy atom. The van der Waals surface area contributed by atoms with Crippen molar-refractivity contribution in [2.75, 3.05) is 6.61 Å². The normalized spacial score (nSPS) is 12.9. The Morgan fingerprint density at radius 2 is 1.07 bits per heavy atom. The first-order valence-electron chi connectivity index (χ1n) is 14.7. The Morgan fingerprint density at radius 1 is 0.667 bits per heavy atom. The van der Waals surface area contributed by atoms with Gasteiger partial charge >= 0.3 is 12.1 Å². The third-order valence-electron chi connectivity index (χ3n) is 8.46. The van der Waals surface area contributed by atoms with Gasteiger partial charge < -0.3 is 15.6 Å². The van der Waals surface area contributed by atoms with E-state index < -0.39 is 36.0 Å². The minimum absolute atomic E-state index is 0.0410. The molecule has 0 fully saturated rings. The Bertz CT molecular complexity index is 1680. The molecule has 0 radical (unpaired) electrons. The molecule has 1 aliphatic carbocycles. The van der Waals surface area contributed by atoms with Crippen LogP contribution >= 0.6 is 0 Å². The second-order valence-corrected chi connectivity index (χ2v) is 11.0. The van der Waals surface area contributed by atoms with Crippen LogP contribution in [0.5, 0.6) is 0 Å². The highest BCUT2D eigenvalue weighted by Gasteiger charge is 2.51. The topological polar surface area (TPSA) is 110 Å². The molecule has 0 saturated carbocycles. The molecule has 0 saturated heterocycles. The predicted molar refractivity (Wildman–Crippen MR) is 171 cm³/mol. The summed E-state index contributed by atoms with van der Waals surface area (Å²) in [5.74, 6) is -2.50. The quantitative estimate of drug-likeness (QED) is 0.178. The number of carbonyl (C=O) groups excluding carboxylic acids is 2. The number of carboxylic acids is 1. The van der Waals surface area contributed by atoms with Crippen molar-refractivity contribution < 1.29 is 24.2 Å². The molecule has 0 spiro atoms. The van der Waals surface area contributed by atoms with E-state index in [1.54, 1.807) is 0 Å². The molecule has 1 aliphatic rings. The van der Waals surface area contributed by atoms with Gasteiger partial charge in [-0.1, -0.05) is 140 Å². The van der Waals surface area contributed by atoms with E-state index in [0.29, 0.717) is 16.7 Å². The van der Waals surface area contributed by atoms with E-state index in [2.05, 4.69) is 0 Å². The number of amides is 2. The van der Waals surface area contributed by atoms with Crippen molar-refractivity contribution in [3.63, 3.8) is 0 Å². The summed E-state index contributed by atoms with van der Waals surface area (Å²) in [5.41, 5.74) is 10.1. The molecule has 7 heteroatoms. The van der Waals surface area contributed by atoms with Crippen LogP contribution in [0.3, 0.4) is 0 Å². The van der Waals surface area contributed by atoms with E-state index in [1.165, 1.54) is 4.90 Å². The SMILES string of the molecule is NC(=O)C[C@@H](C(=O)O)N(C(=O)OCC1c2ccccc2-c2ccccc21)C(c1ccccc1)(c1ccccc1)c1ccccc1. The number of carboxylic acid groups (broad SMARTS) is 1. The zero-order valence-corrected chi connectivity index (χ0v) is 24.5. The van der Waals surface area contributed by atoms with Crippen LogP contribution in [-0.2, 0) is 19.9 Å². The Balaban J connectivity index is 1.54. The van der Waals surface area contributed by atoms with Gasteiger partial charge in [0.2, 0.25) is 5.91 Å². The van der Waals surface area contributed by atoms with Crippen LogP contribution in [0.2, 0.25) is 0 Å². The summed E-state index contributed by atoms with van der Waals surface area (Å²) >= 11 is 0. The average Bonchev–Trinajstić information content (AvgIpc) is 3.40. The maximum absolute atomic E-state index is 14.7. The van der Waals surface area contributed by atoms with E-state index in [0.717, 1.165) is 22.3 Å². The number of primary amides is 1. The lowest BCUT2D eigenvalue weighted by Gasteiger charge is -2.47. The van der Waals surface area contributed by atoms with Crippen LogP contribution in [0, 0.1) is 0 Å². The van der Waals surface area contributed by atoms with Crippen molar-refractivity contribution in [3.8, 4) is 11.1 Å². The zero-order chi connectivity index (χ0) is 31.4. The van der Waals surface area contributed by atoms with Gasteiger partial charge in [0.15, 0.2) is 0 Å². The van der Waals surface area contributed by atoms with Crippen LogP contribution in [0.4, 0.5) is 4.79 Å². The molecule has 0 aromatic heterocycles. The van der Waals surface area contributed by atoms with Gasteiger partial charge in [-0.3, -0.25) is 9.69 Å². The lowest BCUT2D eigenvalue weighted by atomic mass is 9.74. The fourth-order valence-electron chi connectivity index (χ4n) is 6.60. The fraction of sp³-hybridized carbons (Fsp3) is 0.132. The summed E-state index contributed by atoms with van der Waals surface area (Å²) in [6, 6.07) is 41.9. The predicted octanol–water partition coefficient (Wildman–Crippen LogP) is 6.56. The Labute approximate surface area is 261 Å². The molecule has 7 nitrogen and oxygen atoms in total. The average molecular weight is 597 g/mol. The van der Waals surface area contributed by atoms with Gasteiger partial charge in [0.1, 0.15) is 18.2 Å². The molecule has 224 valence electrons. The molecule has 0 aliphatic heterocycles. The van der Waals surface area contributed by atoms with Gasteiger partial charge in [-0.25, -0.2) is 9.59 Å². The summed E-state index contributed by atoms with van der Waals surface area (Å²) in [7, 11) is 0. The third-order valence-corrected chi connectivity index (χ3v) is 8.46. The van der Waals surface area contributed by atoms with Gasteiger partial charge in [-0.15, -0.1) is 0 Å². The van der Waals surface area contributed by atoms with E-state index in [9.17, 15) is 19.5 Å². The minimum atomic E-state index is -1.65. The highest BCUT2D eigenvalue weighted by molar-refractivity contribution is 5.88. The largest absolute Gasteiger partial charge is 0.480 e. The molecule has 5 aromatic carbocycles. The number of hydrogen-bond donors (Lipinski definition) is 2. The van der Waals surface area contributed by atoms with Gasteiger partial charge in [0.05, 0.1) is 6.42 Å². The van der Waals surface area contributed by atoms with Crippen molar-refractivity contribution in [2.24, 2.45) is 5.73 Å². The minimum Gasteiger partial charge on any atom is -0.480 e. The van der Waals surface area contributed by atoms with Crippen LogP contribution in [-0.4, -0.2) is 40.6 Å². The summed E-state index contributed by atoms with van der Waals surface area (Å²) in [4.78, 5) is 41.3. The number of nitrogens with zero attached hydrogens (tertiary/aromatic N) is 1. The summed E-state index contributed by atoms with van der Waals surface area (Å²) in [6.45, 7) is -0.0410. The van der Waals surface area contributed by atoms with E-state index in [4.69, 9.17) is 10.5 Å². The second-order valence-electron chi connectivity index (χ2n) is 11.0. The van der Waals surface area contributed by atoms with Crippen LogP contribution in [0.25, 0.3) is 11.1 Å². The standard InChI is InChI=1S/C38H32N2O5/c39-35(41)24-34(36(42)43)40(37(44)45-25-33-31-22-12-10-20-29(31)30-21-11-13-23-32(30)33)38(26-14-4-1-5-15-26,27-16-6-2-7-17-27)28-18-8-3-9-19-28/h1-23,33-34H,24-25H2,(H2,39,41)(H,42,43)/t34-/m0/s1. The maximum Gasteiger partial charge on any atom is 0.411 e. The molecule has 0 bridgehead atoms. The molecule has 2 amide bonds. The monoisotopic (exact) mass is 596 g/mol. The molecule has 5 aromatic rings. The molecule has 0 heterocycles. The van der Waals surface area contributed by atoms with Crippen LogP contribution < -0.4 is 5.73 Å². The number of ether oxygens (including phenoxy) is 1. The number of fused-ring (bicyclic) bond motifs is 3. The summed E-state index contributed by atoms with van der Waals surface area (Å²) < 4.78 is 6.16. The molecule has 3 N–H and O–H groups in total. The van der Waals surface area contributed by atoms with Gasteiger partial charge in [0, 0.05) is 5.92 Å². The molecule has 0 unspecified atom stereocenters. The van der Waals surface area contributed by atoms with Crippen molar-refractivity contribution in [1.29, 1.82) is 0 Å². The number of rotatable bonds is 10. The lowest BCUT2D eigenvalue weighted by Crippen LogP contribution is -2.59. The second kappa shape index (κ2) is 12.5. The smallest absolute Gasteiger partial charge is 0.411 e. The van der Waals surface area contributed by atoms with Gasteiger partial charge in [-0.05, 0) is 38.9 Å². The van der Waals surface area contributed by atoms with Crippen molar-refractivity contribution in [1.82, 2.24) is 4.90 Å². The van der Waals surface area contributed by atoms with E-state index in [1.807, 2.05) is 140 Å². The number of nitrogens with two attached hydrogens (primary N) is 1. The summed E-state index contributed by atoms with van der Waals surface area (Å²) in [6.07, 6.45) is -1.50. The number of hydrogen-bond acceptors (Lipinski definition) is 4. The molecule has 45 heavy (non-hydrogen) atoms. The first-order valence-corrected chi connectivity index (χ1v) is 14.7. The van der Waals surface area contributed by atoms with E-state index >= 15 is 0 Å². The number of aliphatic carboxylic acids is 1. The first-order chi connectivity index (χ1) is 21.9. The van der Waals surface area contributed by atoms with Gasteiger partial charge in [0.25, 0.3) is 0 Å². The first kappa shape index (κ1) is 29.4. The van der Waals surface area contributed by atoms with Crippen LogP contribution in [0.15, 0.2) is 140 Å². The highest BCUT2D eigenvalue weighted by Crippen LogP contribution is 2.47. The molecular weight excluding hydrogens is 564 g/mol. The lowest BCUT2D eigenvalue weighted by molar-refractivity contribution is -0.146. The number of benzene rings is 5. The fourth-order valence-corrected chi connectivity index (χ4v) is 6.60.